The standard InChI is InChI=1S/C19H12N2O2/c20-13-17(14-8-10-18(11-9-14)21(22)23)12-16-6-3-5-15-4-1-2-7-19(15)16/h1-12H/b17-12+. The van der Waals surface area contributed by atoms with E-state index in [9.17, 15) is 15.4 Å². The molecule has 0 aliphatic heterocycles. The van der Waals surface area contributed by atoms with E-state index >= 15 is 0 Å². The predicted octanol–water partition coefficient (Wildman–Crippen LogP) is 4.81. The SMILES string of the molecule is N#C/C(=C\c1cccc2ccccc12)c1ccc([N+](=O)[O-])cc1. The van der Waals surface area contributed by atoms with E-state index in [1.54, 1.807) is 12.1 Å². The number of non-ortho nitro benzene ring substituents is 1. The van der Waals surface area contributed by atoms with Crippen LogP contribution in [0, 0.1) is 21.4 Å². The number of nitrogens with zero attached hydrogens (tertiary/aromatic N) is 2. The highest BCUT2D eigenvalue weighted by atomic mass is 16.6. The van der Waals surface area contributed by atoms with Crippen molar-refractivity contribution in [2.75, 3.05) is 0 Å². The molecule has 0 radical (unpaired) electrons. The number of nitro groups is 1. The summed E-state index contributed by atoms with van der Waals surface area (Å²) < 4.78 is 0. The summed E-state index contributed by atoms with van der Waals surface area (Å²) in [6.07, 6.45) is 1.81. The van der Waals surface area contributed by atoms with Gasteiger partial charge >= 0.3 is 0 Å². The zero-order valence-electron chi connectivity index (χ0n) is 12.1. The molecular weight excluding hydrogens is 288 g/mol. The molecular formula is C19H12N2O2. The Hall–Kier alpha value is -3.45. The Kier molecular flexibility index (Phi) is 3.86. The summed E-state index contributed by atoms with van der Waals surface area (Å²) in [5, 5.41) is 22.3. The van der Waals surface area contributed by atoms with Gasteiger partial charge in [-0.05, 0) is 40.1 Å². The molecule has 23 heavy (non-hydrogen) atoms. The predicted molar refractivity (Wildman–Crippen MR) is 90.5 cm³/mol. The molecule has 0 amide bonds. The number of nitriles is 1. The molecule has 4 nitrogen and oxygen atoms in total. The number of hydrogen-bond donors (Lipinski definition) is 0. The summed E-state index contributed by atoms with van der Waals surface area (Å²) in [4.78, 5) is 10.3. The van der Waals surface area contributed by atoms with E-state index in [1.807, 2.05) is 48.5 Å². The third-order valence-corrected chi connectivity index (χ3v) is 3.63. The van der Waals surface area contributed by atoms with E-state index in [0.717, 1.165) is 16.3 Å². The van der Waals surface area contributed by atoms with Crippen molar-refractivity contribution in [2.45, 2.75) is 0 Å². The minimum atomic E-state index is -0.454. The second kappa shape index (κ2) is 6.12. The van der Waals surface area contributed by atoms with Gasteiger partial charge in [0.25, 0.3) is 5.69 Å². The first-order chi connectivity index (χ1) is 11.2. The number of allylic oxidation sites excluding steroid dienone is 1. The zero-order chi connectivity index (χ0) is 16.2. The zero-order valence-corrected chi connectivity index (χ0v) is 12.1. The van der Waals surface area contributed by atoms with Gasteiger partial charge in [-0.1, -0.05) is 42.5 Å². The van der Waals surface area contributed by atoms with Crippen LogP contribution in [-0.2, 0) is 0 Å². The van der Waals surface area contributed by atoms with Gasteiger partial charge in [0.15, 0.2) is 0 Å². The van der Waals surface area contributed by atoms with Gasteiger partial charge in [0.1, 0.15) is 0 Å². The van der Waals surface area contributed by atoms with Gasteiger partial charge < -0.3 is 0 Å². The number of fused-ring (bicyclic) bond motifs is 1. The molecule has 0 aliphatic carbocycles. The minimum Gasteiger partial charge on any atom is -0.258 e. The van der Waals surface area contributed by atoms with Crippen molar-refractivity contribution in [3.8, 4) is 6.07 Å². The molecule has 0 spiro atoms. The third kappa shape index (κ3) is 2.94. The van der Waals surface area contributed by atoms with Gasteiger partial charge in [-0.15, -0.1) is 0 Å². The highest BCUT2D eigenvalue weighted by Crippen LogP contribution is 2.25. The van der Waals surface area contributed by atoms with Crippen molar-refractivity contribution in [3.05, 3.63) is 88.0 Å². The lowest BCUT2D eigenvalue weighted by Crippen LogP contribution is -1.88. The maximum absolute atomic E-state index is 10.7. The summed E-state index contributed by atoms with van der Waals surface area (Å²) in [7, 11) is 0. The largest absolute Gasteiger partial charge is 0.269 e. The van der Waals surface area contributed by atoms with Gasteiger partial charge in [-0.2, -0.15) is 5.26 Å². The second-order valence-corrected chi connectivity index (χ2v) is 5.04. The molecule has 0 saturated carbocycles. The van der Waals surface area contributed by atoms with Crippen LogP contribution in [0.1, 0.15) is 11.1 Å². The Morgan fingerprint density at radius 2 is 1.70 bits per heavy atom. The van der Waals surface area contributed by atoms with Crippen LogP contribution < -0.4 is 0 Å². The lowest BCUT2D eigenvalue weighted by Gasteiger charge is -2.04. The summed E-state index contributed by atoms with van der Waals surface area (Å²) in [6.45, 7) is 0. The molecule has 0 atom stereocenters. The van der Waals surface area contributed by atoms with Crippen molar-refractivity contribution in [1.29, 1.82) is 5.26 Å². The first-order valence-electron chi connectivity index (χ1n) is 7.03. The fraction of sp³-hybridized carbons (Fsp3) is 0. The highest BCUT2D eigenvalue weighted by Gasteiger charge is 2.07. The highest BCUT2D eigenvalue weighted by molar-refractivity contribution is 5.98. The minimum absolute atomic E-state index is 0.0104. The summed E-state index contributed by atoms with van der Waals surface area (Å²) in [5.41, 5.74) is 2.08. The van der Waals surface area contributed by atoms with Crippen LogP contribution in [0.15, 0.2) is 66.7 Å². The molecule has 0 aliphatic rings. The van der Waals surface area contributed by atoms with Crippen molar-refractivity contribution in [2.24, 2.45) is 0 Å². The molecule has 0 bridgehead atoms. The van der Waals surface area contributed by atoms with Crippen molar-refractivity contribution in [1.82, 2.24) is 0 Å². The third-order valence-electron chi connectivity index (χ3n) is 3.63. The Morgan fingerprint density at radius 3 is 2.39 bits per heavy atom. The Morgan fingerprint density at radius 1 is 1.00 bits per heavy atom. The topological polar surface area (TPSA) is 66.9 Å². The Bertz CT molecular complexity index is 946. The van der Waals surface area contributed by atoms with Crippen LogP contribution in [0.3, 0.4) is 0 Å². The first kappa shape index (κ1) is 14.5. The van der Waals surface area contributed by atoms with Crippen LogP contribution in [-0.4, -0.2) is 4.92 Å². The number of rotatable bonds is 3. The van der Waals surface area contributed by atoms with Gasteiger partial charge in [0, 0.05) is 12.1 Å². The molecule has 3 aromatic rings. The molecule has 0 unspecified atom stereocenters. The Balaban J connectivity index is 2.08. The van der Waals surface area contributed by atoms with Gasteiger partial charge in [0.2, 0.25) is 0 Å². The number of benzene rings is 3. The molecule has 3 rings (SSSR count). The summed E-state index contributed by atoms with van der Waals surface area (Å²) >= 11 is 0. The molecule has 3 aromatic carbocycles. The molecule has 0 fully saturated rings. The molecule has 110 valence electrons. The quantitative estimate of drug-likeness (QED) is 0.301. The lowest BCUT2D eigenvalue weighted by atomic mass is 9.99. The molecule has 0 aromatic heterocycles. The molecule has 0 heterocycles. The summed E-state index contributed by atoms with van der Waals surface area (Å²) in [6, 6.07) is 22.0. The molecule has 0 N–H and O–H groups in total. The van der Waals surface area contributed by atoms with E-state index < -0.39 is 4.92 Å². The van der Waals surface area contributed by atoms with E-state index in [4.69, 9.17) is 0 Å². The maximum atomic E-state index is 10.7. The average Bonchev–Trinajstić information content (AvgIpc) is 2.60. The first-order valence-corrected chi connectivity index (χ1v) is 7.03. The maximum Gasteiger partial charge on any atom is 0.269 e. The smallest absolute Gasteiger partial charge is 0.258 e. The van der Waals surface area contributed by atoms with E-state index in [2.05, 4.69) is 6.07 Å². The van der Waals surface area contributed by atoms with Crippen LogP contribution >= 0.6 is 0 Å². The van der Waals surface area contributed by atoms with E-state index in [-0.39, 0.29) is 5.69 Å². The Labute approximate surface area is 133 Å². The lowest BCUT2D eigenvalue weighted by molar-refractivity contribution is -0.384. The normalized spacial score (nSPS) is 11.2. The van der Waals surface area contributed by atoms with E-state index in [0.29, 0.717) is 11.1 Å². The van der Waals surface area contributed by atoms with Crippen LogP contribution in [0.5, 0.6) is 0 Å². The van der Waals surface area contributed by atoms with Gasteiger partial charge in [0.05, 0.1) is 16.6 Å². The van der Waals surface area contributed by atoms with E-state index in [1.165, 1.54) is 12.1 Å². The van der Waals surface area contributed by atoms with Gasteiger partial charge in [-0.25, -0.2) is 0 Å². The second-order valence-electron chi connectivity index (χ2n) is 5.04. The van der Waals surface area contributed by atoms with Crippen LogP contribution in [0.2, 0.25) is 0 Å². The van der Waals surface area contributed by atoms with Crippen molar-refractivity contribution >= 4 is 28.1 Å². The number of nitro benzene ring substituents is 1. The van der Waals surface area contributed by atoms with Crippen molar-refractivity contribution in [3.63, 3.8) is 0 Å². The summed E-state index contributed by atoms with van der Waals surface area (Å²) in [5.74, 6) is 0. The fourth-order valence-electron chi connectivity index (χ4n) is 2.47. The fourth-order valence-corrected chi connectivity index (χ4v) is 2.47. The van der Waals surface area contributed by atoms with Crippen LogP contribution in [0.4, 0.5) is 5.69 Å². The molecule has 0 saturated heterocycles. The molecule has 4 heteroatoms. The van der Waals surface area contributed by atoms with Crippen molar-refractivity contribution < 1.29 is 4.92 Å². The number of hydrogen-bond acceptors (Lipinski definition) is 3. The monoisotopic (exact) mass is 300 g/mol. The average molecular weight is 300 g/mol. The van der Waals surface area contributed by atoms with Crippen LogP contribution in [0.25, 0.3) is 22.4 Å². The van der Waals surface area contributed by atoms with Gasteiger partial charge in [-0.3, -0.25) is 10.1 Å².